The fraction of sp³-hybridized carbons (Fsp3) is 0.571. The van der Waals surface area contributed by atoms with Crippen LogP contribution in [0.15, 0.2) is 16.1 Å². The normalized spacial score (nSPS) is 17.6. The van der Waals surface area contributed by atoms with Gasteiger partial charge in [-0.1, -0.05) is 11.6 Å². The Labute approximate surface area is 97.7 Å². The molecule has 0 saturated carbocycles. The molecule has 0 aromatic carbocycles. The van der Waals surface area contributed by atoms with Crippen molar-refractivity contribution in [2.45, 2.75) is 46.1 Å². The summed E-state index contributed by atoms with van der Waals surface area (Å²) in [5, 5.41) is 3.43. The molecule has 1 N–H and O–H groups in total. The third kappa shape index (κ3) is 1.82. The van der Waals surface area contributed by atoms with Crippen LogP contribution in [0.3, 0.4) is 0 Å². The summed E-state index contributed by atoms with van der Waals surface area (Å²) in [6.45, 7) is 6.26. The average Bonchev–Trinajstić information content (AvgIpc) is 2.84. The van der Waals surface area contributed by atoms with Crippen molar-refractivity contribution >= 4 is 0 Å². The van der Waals surface area contributed by atoms with Crippen LogP contribution in [0.4, 0.5) is 0 Å². The first-order chi connectivity index (χ1) is 7.65. The SMILES string of the molecule is CNC(C1=CCCC1)c1c(C)oc(C)c1C. The second kappa shape index (κ2) is 4.46. The molecule has 2 rings (SSSR count). The molecule has 1 aliphatic carbocycles. The van der Waals surface area contributed by atoms with E-state index >= 15 is 0 Å². The Hall–Kier alpha value is -1.02. The number of nitrogens with one attached hydrogen (secondary N) is 1. The highest BCUT2D eigenvalue weighted by molar-refractivity contribution is 5.39. The van der Waals surface area contributed by atoms with Crippen molar-refractivity contribution in [3.05, 3.63) is 34.3 Å². The molecule has 0 spiro atoms. The van der Waals surface area contributed by atoms with Crippen LogP contribution < -0.4 is 5.32 Å². The first-order valence-corrected chi connectivity index (χ1v) is 6.07. The molecular weight excluding hydrogens is 198 g/mol. The van der Waals surface area contributed by atoms with Gasteiger partial charge in [-0.2, -0.15) is 0 Å². The van der Waals surface area contributed by atoms with Gasteiger partial charge in [-0.25, -0.2) is 0 Å². The highest BCUT2D eigenvalue weighted by Gasteiger charge is 2.24. The van der Waals surface area contributed by atoms with Crippen LogP contribution in [0.2, 0.25) is 0 Å². The maximum absolute atomic E-state index is 5.72. The quantitative estimate of drug-likeness (QED) is 0.786. The molecule has 0 saturated heterocycles. The van der Waals surface area contributed by atoms with Crippen LogP contribution in [-0.2, 0) is 0 Å². The first kappa shape index (κ1) is 11.5. The maximum Gasteiger partial charge on any atom is 0.106 e. The largest absolute Gasteiger partial charge is 0.466 e. The van der Waals surface area contributed by atoms with Crippen molar-refractivity contribution < 1.29 is 4.42 Å². The molecule has 1 aromatic rings. The average molecular weight is 219 g/mol. The van der Waals surface area contributed by atoms with E-state index in [1.807, 2.05) is 14.0 Å². The Kier molecular flexibility index (Phi) is 3.20. The van der Waals surface area contributed by atoms with Gasteiger partial charge in [0.15, 0.2) is 0 Å². The minimum Gasteiger partial charge on any atom is -0.466 e. The second-order valence-corrected chi connectivity index (χ2v) is 4.65. The van der Waals surface area contributed by atoms with E-state index in [0.29, 0.717) is 6.04 Å². The van der Waals surface area contributed by atoms with Crippen molar-refractivity contribution in [1.82, 2.24) is 5.32 Å². The van der Waals surface area contributed by atoms with E-state index in [2.05, 4.69) is 25.2 Å². The van der Waals surface area contributed by atoms with Crippen LogP contribution >= 0.6 is 0 Å². The first-order valence-electron chi connectivity index (χ1n) is 6.07. The summed E-state index contributed by atoms with van der Waals surface area (Å²) in [5.74, 6) is 2.11. The van der Waals surface area contributed by atoms with Crippen molar-refractivity contribution in [3.8, 4) is 0 Å². The van der Waals surface area contributed by atoms with Gasteiger partial charge in [0.1, 0.15) is 11.5 Å². The van der Waals surface area contributed by atoms with Gasteiger partial charge in [0.2, 0.25) is 0 Å². The van der Waals surface area contributed by atoms with E-state index < -0.39 is 0 Å². The van der Waals surface area contributed by atoms with Gasteiger partial charge >= 0.3 is 0 Å². The number of aryl methyl sites for hydroxylation is 2. The zero-order valence-electron chi connectivity index (χ0n) is 10.7. The Morgan fingerprint density at radius 2 is 2.00 bits per heavy atom. The van der Waals surface area contributed by atoms with Crippen LogP contribution in [0.1, 0.15) is 48.0 Å². The van der Waals surface area contributed by atoms with Gasteiger partial charge in [-0.15, -0.1) is 0 Å². The Morgan fingerprint density at radius 1 is 1.25 bits per heavy atom. The highest BCUT2D eigenvalue weighted by Crippen LogP contribution is 2.35. The molecule has 2 nitrogen and oxygen atoms in total. The highest BCUT2D eigenvalue weighted by atomic mass is 16.3. The number of likely N-dealkylation sites (N-methyl/N-ethyl adjacent to an activating group) is 1. The van der Waals surface area contributed by atoms with Crippen LogP contribution in [-0.4, -0.2) is 7.05 Å². The molecule has 88 valence electrons. The topological polar surface area (TPSA) is 25.2 Å². The predicted octanol–water partition coefficient (Wildman–Crippen LogP) is 3.58. The summed E-state index contributed by atoms with van der Waals surface area (Å²) in [6, 6.07) is 0.347. The molecule has 1 atom stereocenters. The lowest BCUT2D eigenvalue weighted by molar-refractivity contribution is 0.494. The monoisotopic (exact) mass is 219 g/mol. The van der Waals surface area contributed by atoms with E-state index in [4.69, 9.17) is 4.42 Å². The second-order valence-electron chi connectivity index (χ2n) is 4.65. The fourth-order valence-electron chi connectivity index (χ4n) is 2.71. The number of hydrogen-bond donors (Lipinski definition) is 1. The lowest BCUT2D eigenvalue weighted by Crippen LogP contribution is -2.19. The van der Waals surface area contributed by atoms with Crippen molar-refractivity contribution in [1.29, 1.82) is 0 Å². The number of hydrogen-bond acceptors (Lipinski definition) is 2. The van der Waals surface area contributed by atoms with Gasteiger partial charge in [0.05, 0.1) is 6.04 Å². The van der Waals surface area contributed by atoms with Gasteiger partial charge in [-0.05, 0) is 52.6 Å². The number of rotatable bonds is 3. The Morgan fingerprint density at radius 3 is 2.44 bits per heavy atom. The summed E-state index contributed by atoms with van der Waals surface area (Å²) in [7, 11) is 2.03. The van der Waals surface area contributed by atoms with Crippen LogP contribution in [0, 0.1) is 20.8 Å². The molecule has 0 aliphatic heterocycles. The number of furan rings is 1. The minimum atomic E-state index is 0.347. The summed E-state index contributed by atoms with van der Waals surface area (Å²) >= 11 is 0. The molecule has 16 heavy (non-hydrogen) atoms. The number of allylic oxidation sites excluding steroid dienone is 1. The molecular formula is C14H21NO. The Bertz CT molecular complexity index is 415. The fourth-order valence-corrected chi connectivity index (χ4v) is 2.71. The summed E-state index contributed by atoms with van der Waals surface area (Å²) in [6.07, 6.45) is 6.11. The van der Waals surface area contributed by atoms with Gasteiger partial charge in [0, 0.05) is 5.56 Å². The summed E-state index contributed by atoms with van der Waals surface area (Å²) in [5.41, 5.74) is 4.16. The molecule has 2 heteroatoms. The van der Waals surface area contributed by atoms with Crippen LogP contribution in [0.25, 0.3) is 0 Å². The smallest absolute Gasteiger partial charge is 0.106 e. The molecule has 0 radical (unpaired) electrons. The molecule has 1 unspecified atom stereocenters. The van der Waals surface area contributed by atoms with Crippen molar-refractivity contribution in [2.24, 2.45) is 0 Å². The van der Waals surface area contributed by atoms with E-state index in [9.17, 15) is 0 Å². The lowest BCUT2D eigenvalue weighted by atomic mass is 9.95. The van der Waals surface area contributed by atoms with Gasteiger partial charge in [-0.3, -0.25) is 0 Å². The third-order valence-electron chi connectivity index (χ3n) is 3.64. The summed E-state index contributed by atoms with van der Waals surface area (Å²) < 4.78 is 5.72. The molecule has 1 aliphatic rings. The van der Waals surface area contributed by atoms with E-state index in [1.54, 1.807) is 0 Å². The van der Waals surface area contributed by atoms with Gasteiger partial charge in [0.25, 0.3) is 0 Å². The van der Waals surface area contributed by atoms with Crippen LogP contribution in [0.5, 0.6) is 0 Å². The summed E-state index contributed by atoms with van der Waals surface area (Å²) in [4.78, 5) is 0. The van der Waals surface area contributed by atoms with E-state index in [0.717, 1.165) is 11.5 Å². The lowest BCUT2D eigenvalue weighted by Gasteiger charge is -2.18. The van der Waals surface area contributed by atoms with Crippen molar-refractivity contribution in [2.75, 3.05) is 7.05 Å². The van der Waals surface area contributed by atoms with Gasteiger partial charge < -0.3 is 9.73 Å². The molecule has 0 bridgehead atoms. The van der Waals surface area contributed by atoms with Crippen molar-refractivity contribution in [3.63, 3.8) is 0 Å². The Balaban J connectivity index is 2.40. The molecule has 1 heterocycles. The standard InChI is InChI=1S/C14H21NO/c1-9-10(2)16-11(3)13(9)14(15-4)12-7-5-6-8-12/h7,14-15H,5-6,8H2,1-4H3. The molecule has 0 amide bonds. The minimum absolute atomic E-state index is 0.347. The van der Waals surface area contributed by atoms with E-state index in [-0.39, 0.29) is 0 Å². The zero-order valence-corrected chi connectivity index (χ0v) is 10.7. The van der Waals surface area contributed by atoms with E-state index in [1.165, 1.54) is 36.0 Å². The zero-order chi connectivity index (χ0) is 11.7. The third-order valence-corrected chi connectivity index (χ3v) is 3.64. The molecule has 0 fully saturated rings. The predicted molar refractivity (Wildman–Crippen MR) is 66.7 cm³/mol. The maximum atomic E-state index is 5.72. The molecule has 1 aromatic heterocycles.